The fourth-order valence-corrected chi connectivity index (χ4v) is 1.78. The second kappa shape index (κ2) is 3.57. The van der Waals surface area contributed by atoms with Crippen LogP contribution in [-0.2, 0) is 0 Å². The van der Waals surface area contributed by atoms with Crippen LogP contribution >= 0.6 is 0 Å². The van der Waals surface area contributed by atoms with Crippen LogP contribution in [0.25, 0.3) is 0 Å². The van der Waals surface area contributed by atoms with Gasteiger partial charge < -0.3 is 5.32 Å². The summed E-state index contributed by atoms with van der Waals surface area (Å²) in [5.74, 6) is 0.779. The SMILES string of the molecule is CC(C)n1nc(C2CCCN2)[nH]c1=O. The van der Waals surface area contributed by atoms with Crippen LogP contribution in [0.2, 0.25) is 0 Å². The molecule has 0 aromatic carbocycles. The van der Waals surface area contributed by atoms with Crippen LogP contribution in [0.5, 0.6) is 0 Å². The van der Waals surface area contributed by atoms with Crippen molar-refractivity contribution in [1.29, 1.82) is 0 Å². The largest absolute Gasteiger partial charge is 0.343 e. The van der Waals surface area contributed by atoms with E-state index in [1.807, 2.05) is 13.8 Å². The van der Waals surface area contributed by atoms with Crippen LogP contribution in [0.4, 0.5) is 0 Å². The van der Waals surface area contributed by atoms with Crippen LogP contribution in [0.15, 0.2) is 4.79 Å². The highest BCUT2D eigenvalue weighted by Crippen LogP contribution is 2.18. The molecule has 1 atom stereocenters. The maximum absolute atomic E-state index is 11.5. The lowest BCUT2D eigenvalue weighted by Crippen LogP contribution is -2.19. The second-order valence-corrected chi connectivity index (χ2v) is 4.00. The van der Waals surface area contributed by atoms with Crippen LogP contribution in [-0.4, -0.2) is 21.3 Å². The summed E-state index contributed by atoms with van der Waals surface area (Å²) in [7, 11) is 0. The number of aromatic nitrogens is 3. The van der Waals surface area contributed by atoms with E-state index in [-0.39, 0.29) is 17.8 Å². The Balaban J connectivity index is 2.27. The Morgan fingerprint density at radius 1 is 1.57 bits per heavy atom. The first-order chi connectivity index (χ1) is 6.68. The summed E-state index contributed by atoms with van der Waals surface area (Å²) in [4.78, 5) is 14.3. The minimum absolute atomic E-state index is 0.108. The zero-order valence-corrected chi connectivity index (χ0v) is 8.58. The van der Waals surface area contributed by atoms with Gasteiger partial charge in [0, 0.05) is 0 Å². The summed E-state index contributed by atoms with van der Waals surface area (Å²) in [6.07, 6.45) is 2.21. The molecule has 5 nitrogen and oxygen atoms in total. The topological polar surface area (TPSA) is 62.7 Å². The van der Waals surface area contributed by atoms with E-state index < -0.39 is 0 Å². The number of rotatable bonds is 2. The highest BCUT2D eigenvalue weighted by atomic mass is 16.2. The Labute approximate surface area is 82.5 Å². The van der Waals surface area contributed by atoms with Crippen molar-refractivity contribution in [2.24, 2.45) is 0 Å². The Bertz CT molecular complexity index is 359. The fourth-order valence-electron chi connectivity index (χ4n) is 1.78. The number of hydrogen-bond donors (Lipinski definition) is 2. The Morgan fingerprint density at radius 3 is 2.86 bits per heavy atom. The molecule has 1 aromatic heterocycles. The van der Waals surface area contributed by atoms with Crippen molar-refractivity contribution < 1.29 is 0 Å². The molecule has 1 aliphatic heterocycles. The molecule has 1 saturated heterocycles. The zero-order chi connectivity index (χ0) is 10.1. The molecular formula is C9H16N4O. The first-order valence-electron chi connectivity index (χ1n) is 5.10. The molecular weight excluding hydrogens is 180 g/mol. The monoisotopic (exact) mass is 196 g/mol. The molecule has 1 aromatic rings. The molecule has 0 saturated carbocycles. The molecule has 2 rings (SSSR count). The summed E-state index contributed by atoms with van der Waals surface area (Å²) in [5, 5.41) is 7.58. The van der Waals surface area contributed by atoms with E-state index in [9.17, 15) is 4.79 Å². The summed E-state index contributed by atoms with van der Waals surface area (Å²) < 4.78 is 1.50. The lowest BCUT2D eigenvalue weighted by Gasteiger charge is -2.05. The van der Waals surface area contributed by atoms with Crippen LogP contribution < -0.4 is 11.0 Å². The van der Waals surface area contributed by atoms with Crippen LogP contribution in [0.1, 0.15) is 44.6 Å². The van der Waals surface area contributed by atoms with Crippen LogP contribution in [0.3, 0.4) is 0 Å². The second-order valence-electron chi connectivity index (χ2n) is 4.00. The number of H-pyrrole nitrogens is 1. The third kappa shape index (κ3) is 1.59. The predicted octanol–water partition coefficient (Wildman–Crippen LogP) is 0.577. The predicted molar refractivity (Wildman–Crippen MR) is 53.2 cm³/mol. The molecule has 5 heteroatoms. The van der Waals surface area contributed by atoms with Gasteiger partial charge in [0.05, 0.1) is 12.1 Å². The minimum atomic E-state index is -0.108. The van der Waals surface area contributed by atoms with Crippen molar-refractivity contribution in [3.8, 4) is 0 Å². The smallest absolute Gasteiger partial charge is 0.307 e. The van der Waals surface area contributed by atoms with Gasteiger partial charge in [-0.1, -0.05) is 0 Å². The molecule has 2 N–H and O–H groups in total. The molecule has 0 bridgehead atoms. The van der Waals surface area contributed by atoms with Gasteiger partial charge in [-0.2, -0.15) is 5.10 Å². The van der Waals surface area contributed by atoms with Crippen molar-refractivity contribution in [3.05, 3.63) is 16.3 Å². The maximum atomic E-state index is 11.5. The van der Waals surface area contributed by atoms with Gasteiger partial charge in [0.15, 0.2) is 0 Å². The van der Waals surface area contributed by atoms with Gasteiger partial charge in [-0.25, -0.2) is 9.48 Å². The van der Waals surface area contributed by atoms with Gasteiger partial charge in [0.2, 0.25) is 0 Å². The Hall–Kier alpha value is -1.10. The van der Waals surface area contributed by atoms with E-state index in [4.69, 9.17) is 0 Å². The average Bonchev–Trinajstić information content (AvgIpc) is 2.70. The molecule has 1 unspecified atom stereocenters. The maximum Gasteiger partial charge on any atom is 0.343 e. The van der Waals surface area contributed by atoms with E-state index >= 15 is 0 Å². The van der Waals surface area contributed by atoms with E-state index in [0.717, 1.165) is 25.2 Å². The molecule has 0 spiro atoms. The average molecular weight is 196 g/mol. The van der Waals surface area contributed by atoms with Crippen LogP contribution in [0, 0.1) is 0 Å². The summed E-state index contributed by atoms with van der Waals surface area (Å²) >= 11 is 0. The van der Waals surface area contributed by atoms with Gasteiger partial charge in [-0.3, -0.25) is 4.98 Å². The lowest BCUT2D eigenvalue weighted by molar-refractivity contribution is 0.499. The minimum Gasteiger partial charge on any atom is -0.307 e. The first kappa shape index (κ1) is 9.45. The van der Waals surface area contributed by atoms with Crippen molar-refractivity contribution >= 4 is 0 Å². The highest BCUT2D eigenvalue weighted by Gasteiger charge is 2.20. The zero-order valence-electron chi connectivity index (χ0n) is 8.58. The number of aromatic amines is 1. The highest BCUT2D eigenvalue weighted by molar-refractivity contribution is 4.95. The molecule has 1 fully saturated rings. The van der Waals surface area contributed by atoms with Gasteiger partial charge in [0.1, 0.15) is 5.82 Å². The van der Waals surface area contributed by atoms with Gasteiger partial charge >= 0.3 is 5.69 Å². The molecule has 2 heterocycles. The van der Waals surface area contributed by atoms with Gasteiger partial charge in [-0.15, -0.1) is 0 Å². The Morgan fingerprint density at radius 2 is 2.36 bits per heavy atom. The number of hydrogen-bond acceptors (Lipinski definition) is 3. The van der Waals surface area contributed by atoms with E-state index in [1.165, 1.54) is 4.68 Å². The number of nitrogens with one attached hydrogen (secondary N) is 2. The van der Waals surface area contributed by atoms with Crippen molar-refractivity contribution in [2.45, 2.75) is 38.8 Å². The summed E-state index contributed by atoms with van der Waals surface area (Å²) in [5.41, 5.74) is -0.108. The van der Waals surface area contributed by atoms with Gasteiger partial charge in [-0.05, 0) is 33.2 Å². The third-order valence-corrected chi connectivity index (χ3v) is 2.54. The van der Waals surface area contributed by atoms with E-state index in [2.05, 4.69) is 15.4 Å². The molecule has 0 amide bonds. The third-order valence-electron chi connectivity index (χ3n) is 2.54. The van der Waals surface area contributed by atoms with Crippen molar-refractivity contribution in [3.63, 3.8) is 0 Å². The molecule has 14 heavy (non-hydrogen) atoms. The van der Waals surface area contributed by atoms with Crippen molar-refractivity contribution in [2.75, 3.05) is 6.54 Å². The standard InChI is InChI=1S/C9H16N4O/c1-6(2)13-9(14)11-8(12-13)7-4-3-5-10-7/h6-7,10H,3-5H2,1-2H3,(H,11,12,14). The van der Waals surface area contributed by atoms with E-state index in [1.54, 1.807) is 0 Å². The fraction of sp³-hybridized carbons (Fsp3) is 0.778. The normalized spacial score (nSPS) is 22.1. The van der Waals surface area contributed by atoms with Gasteiger partial charge in [0.25, 0.3) is 0 Å². The molecule has 1 aliphatic rings. The summed E-state index contributed by atoms with van der Waals surface area (Å²) in [6.45, 7) is 4.92. The lowest BCUT2D eigenvalue weighted by atomic mass is 10.2. The number of nitrogens with zero attached hydrogens (tertiary/aromatic N) is 2. The first-order valence-corrected chi connectivity index (χ1v) is 5.10. The van der Waals surface area contributed by atoms with Crippen molar-refractivity contribution in [1.82, 2.24) is 20.1 Å². The quantitative estimate of drug-likeness (QED) is 0.727. The molecule has 78 valence electrons. The molecule has 0 radical (unpaired) electrons. The molecule has 0 aliphatic carbocycles. The van der Waals surface area contributed by atoms with E-state index in [0.29, 0.717) is 0 Å². The summed E-state index contributed by atoms with van der Waals surface area (Å²) in [6, 6.07) is 0.358. The Kier molecular flexibility index (Phi) is 2.41.